The summed E-state index contributed by atoms with van der Waals surface area (Å²) in [7, 11) is 3.18. The van der Waals surface area contributed by atoms with Gasteiger partial charge in [-0.3, -0.25) is 0 Å². The van der Waals surface area contributed by atoms with Crippen molar-refractivity contribution in [2.75, 3.05) is 21.3 Å². The molecule has 0 saturated carbocycles. The van der Waals surface area contributed by atoms with Gasteiger partial charge in [0, 0.05) is 21.3 Å². The van der Waals surface area contributed by atoms with Crippen LogP contribution in [0.3, 0.4) is 0 Å². The lowest BCUT2D eigenvalue weighted by atomic mass is 9.94. The average molecular weight is 246 g/mol. The number of methoxy groups -OCH3 is 1. The molecule has 0 amide bonds. The number of hydrogen-bond donors (Lipinski definition) is 0. The standard InChI is InChI=1S/C12H26O3Si/c1-6-9-12(13-3)11(2)8-7-10-16(12,14-4)15-5/h11H,6-10H2,1-5H3. The Morgan fingerprint density at radius 3 is 2.31 bits per heavy atom. The molecule has 1 heterocycles. The normalized spacial score (nSPS) is 33.9. The van der Waals surface area contributed by atoms with Gasteiger partial charge < -0.3 is 13.6 Å². The van der Waals surface area contributed by atoms with Gasteiger partial charge in [0.05, 0.1) is 0 Å². The second kappa shape index (κ2) is 5.62. The van der Waals surface area contributed by atoms with Crippen molar-refractivity contribution in [3.63, 3.8) is 0 Å². The fourth-order valence-corrected chi connectivity index (χ4v) is 7.56. The summed E-state index contributed by atoms with van der Waals surface area (Å²) in [5.74, 6) is 0.526. The number of rotatable bonds is 5. The maximum Gasteiger partial charge on any atom is 0.371 e. The highest BCUT2D eigenvalue weighted by Crippen LogP contribution is 2.46. The van der Waals surface area contributed by atoms with Crippen LogP contribution in [-0.4, -0.2) is 35.1 Å². The Kier molecular flexibility index (Phi) is 4.98. The average Bonchev–Trinajstić information content (AvgIpc) is 2.32. The molecule has 0 bridgehead atoms. The Bertz CT molecular complexity index is 218. The van der Waals surface area contributed by atoms with Crippen LogP contribution < -0.4 is 0 Å². The minimum atomic E-state index is -2.22. The first-order chi connectivity index (χ1) is 7.62. The summed E-state index contributed by atoms with van der Waals surface area (Å²) in [6.45, 7) is 4.48. The number of ether oxygens (including phenoxy) is 1. The molecule has 0 aromatic carbocycles. The van der Waals surface area contributed by atoms with Gasteiger partial charge in [-0.25, -0.2) is 0 Å². The van der Waals surface area contributed by atoms with Crippen molar-refractivity contribution in [3.8, 4) is 0 Å². The van der Waals surface area contributed by atoms with Crippen LogP contribution in [-0.2, 0) is 13.6 Å². The third-order valence-electron chi connectivity index (χ3n) is 4.23. The van der Waals surface area contributed by atoms with E-state index in [4.69, 9.17) is 13.6 Å². The third-order valence-corrected chi connectivity index (χ3v) is 8.80. The molecule has 2 unspecified atom stereocenters. The van der Waals surface area contributed by atoms with Gasteiger partial charge in [-0.2, -0.15) is 0 Å². The van der Waals surface area contributed by atoms with E-state index in [0.717, 1.165) is 18.9 Å². The molecule has 2 atom stereocenters. The summed E-state index contributed by atoms with van der Waals surface area (Å²) in [5, 5.41) is -0.163. The lowest BCUT2D eigenvalue weighted by Crippen LogP contribution is -2.67. The summed E-state index contributed by atoms with van der Waals surface area (Å²) >= 11 is 0. The molecule has 0 aromatic rings. The molecule has 1 rings (SSSR count). The summed E-state index contributed by atoms with van der Waals surface area (Å²) in [5.41, 5.74) is 0. The molecule has 0 radical (unpaired) electrons. The zero-order valence-electron chi connectivity index (χ0n) is 11.3. The monoisotopic (exact) mass is 246 g/mol. The highest BCUT2D eigenvalue weighted by atomic mass is 28.4. The predicted molar refractivity (Wildman–Crippen MR) is 67.6 cm³/mol. The Labute approximate surface area is 101 Å². The lowest BCUT2D eigenvalue weighted by Gasteiger charge is -2.51. The fourth-order valence-electron chi connectivity index (χ4n) is 3.36. The second-order valence-corrected chi connectivity index (χ2v) is 8.47. The molecule has 3 nitrogen and oxygen atoms in total. The van der Waals surface area contributed by atoms with Crippen molar-refractivity contribution in [2.45, 2.75) is 50.8 Å². The van der Waals surface area contributed by atoms with Gasteiger partial charge in [0.2, 0.25) is 0 Å². The van der Waals surface area contributed by atoms with E-state index in [9.17, 15) is 0 Å². The van der Waals surface area contributed by atoms with Gasteiger partial charge in [-0.15, -0.1) is 0 Å². The summed E-state index contributed by atoms with van der Waals surface area (Å²) in [6.07, 6.45) is 4.57. The van der Waals surface area contributed by atoms with E-state index in [-0.39, 0.29) is 5.22 Å². The first-order valence-electron chi connectivity index (χ1n) is 6.28. The van der Waals surface area contributed by atoms with Crippen LogP contribution >= 0.6 is 0 Å². The highest BCUT2D eigenvalue weighted by molar-refractivity contribution is 6.70. The molecular weight excluding hydrogens is 220 g/mol. The van der Waals surface area contributed by atoms with Crippen LogP contribution in [0.1, 0.15) is 39.5 Å². The van der Waals surface area contributed by atoms with Crippen molar-refractivity contribution < 1.29 is 13.6 Å². The van der Waals surface area contributed by atoms with Gasteiger partial charge in [-0.05, 0) is 24.8 Å². The van der Waals surface area contributed by atoms with Gasteiger partial charge in [-0.1, -0.05) is 26.7 Å². The van der Waals surface area contributed by atoms with Crippen molar-refractivity contribution >= 4 is 8.56 Å². The van der Waals surface area contributed by atoms with Crippen molar-refractivity contribution in [1.29, 1.82) is 0 Å². The molecule has 0 aliphatic carbocycles. The molecule has 0 aromatic heterocycles. The number of hydrogen-bond acceptors (Lipinski definition) is 3. The van der Waals surface area contributed by atoms with E-state index >= 15 is 0 Å². The zero-order chi connectivity index (χ0) is 12.2. The Hall–Kier alpha value is 0.0969. The van der Waals surface area contributed by atoms with Gasteiger partial charge >= 0.3 is 8.56 Å². The van der Waals surface area contributed by atoms with Crippen LogP contribution in [0.4, 0.5) is 0 Å². The zero-order valence-corrected chi connectivity index (χ0v) is 12.3. The summed E-state index contributed by atoms with van der Waals surface area (Å²) in [6, 6.07) is 1.05. The van der Waals surface area contributed by atoms with Crippen LogP contribution in [0.15, 0.2) is 0 Å². The van der Waals surface area contributed by atoms with Gasteiger partial charge in [0.1, 0.15) is 5.22 Å². The van der Waals surface area contributed by atoms with E-state index in [0.29, 0.717) is 5.92 Å². The molecule has 1 aliphatic heterocycles. The SMILES string of the molecule is CCCC1(OC)C(C)CCC[Si]1(OC)OC. The minimum Gasteiger partial charge on any atom is -0.396 e. The van der Waals surface area contributed by atoms with E-state index in [1.54, 1.807) is 14.2 Å². The Morgan fingerprint density at radius 2 is 1.88 bits per heavy atom. The van der Waals surface area contributed by atoms with Gasteiger partial charge in [0.15, 0.2) is 0 Å². The topological polar surface area (TPSA) is 27.7 Å². The molecule has 1 fully saturated rings. The quantitative estimate of drug-likeness (QED) is 0.698. The van der Waals surface area contributed by atoms with E-state index in [1.807, 2.05) is 7.11 Å². The van der Waals surface area contributed by atoms with Crippen molar-refractivity contribution in [3.05, 3.63) is 0 Å². The molecule has 4 heteroatoms. The molecular formula is C12H26O3Si. The second-order valence-electron chi connectivity index (χ2n) is 4.80. The first-order valence-corrected chi connectivity index (χ1v) is 8.30. The highest BCUT2D eigenvalue weighted by Gasteiger charge is 2.61. The Balaban J connectivity index is 3.09. The smallest absolute Gasteiger partial charge is 0.371 e. The predicted octanol–water partition coefficient (Wildman–Crippen LogP) is 2.88. The molecule has 0 spiro atoms. The Morgan fingerprint density at radius 1 is 1.25 bits per heavy atom. The van der Waals surface area contributed by atoms with Crippen LogP contribution in [0, 0.1) is 5.92 Å². The van der Waals surface area contributed by atoms with Crippen molar-refractivity contribution in [1.82, 2.24) is 0 Å². The van der Waals surface area contributed by atoms with Crippen molar-refractivity contribution in [2.24, 2.45) is 5.92 Å². The largest absolute Gasteiger partial charge is 0.396 e. The minimum absolute atomic E-state index is 0.163. The van der Waals surface area contributed by atoms with Crippen LogP contribution in [0.25, 0.3) is 0 Å². The fraction of sp³-hybridized carbons (Fsp3) is 1.00. The van der Waals surface area contributed by atoms with Crippen LogP contribution in [0.2, 0.25) is 6.04 Å². The molecule has 16 heavy (non-hydrogen) atoms. The molecule has 1 saturated heterocycles. The van der Waals surface area contributed by atoms with E-state index in [2.05, 4.69) is 13.8 Å². The molecule has 96 valence electrons. The summed E-state index contributed by atoms with van der Waals surface area (Å²) < 4.78 is 17.6. The van der Waals surface area contributed by atoms with E-state index in [1.165, 1.54) is 12.8 Å². The maximum atomic E-state index is 5.94. The lowest BCUT2D eigenvalue weighted by molar-refractivity contribution is -0.0481. The van der Waals surface area contributed by atoms with Gasteiger partial charge in [0.25, 0.3) is 0 Å². The van der Waals surface area contributed by atoms with Crippen LogP contribution in [0.5, 0.6) is 0 Å². The van der Waals surface area contributed by atoms with E-state index < -0.39 is 8.56 Å². The first kappa shape index (κ1) is 14.2. The summed E-state index contributed by atoms with van der Waals surface area (Å²) in [4.78, 5) is 0. The third kappa shape index (κ3) is 1.96. The maximum absolute atomic E-state index is 5.94. The molecule has 0 N–H and O–H groups in total. The molecule has 1 aliphatic rings.